The third-order valence-electron chi connectivity index (χ3n) is 6.46. The van der Waals surface area contributed by atoms with Gasteiger partial charge < -0.3 is 25.3 Å². The van der Waals surface area contributed by atoms with Crippen LogP contribution in [0, 0.1) is 5.92 Å². The Kier molecular flexibility index (Phi) is 7.19. The van der Waals surface area contributed by atoms with E-state index in [1.54, 1.807) is 35.5 Å². The zero-order chi connectivity index (χ0) is 26.7. The molecule has 0 spiro atoms. The molecule has 4 aromatic rings. The summed E-state index contributed by atoms with van der Waals surface area (Å²) in [5, 5.41) is 7.15. The van der Waals surface area contributed by atoms with Crippen molar-refractivity contribution >= 4 is 28.4 Å². The number of fused-ring (bicyclic) bond motifs is 1. The Hall–Kier alpha value is -4.12. The van der Waals surface area contributed by atoms with Crippen molar-refractivity contribution in [2.75, 3.05) is 38.6 Å². The van der Waals surface area contributed by atoms with Crippen LogP contribution in [0.4, 0.5) is 20.4 Å². The lowest BCUT2D eigenvalue weighted by Gasteiger charge is -2.19. The highest BCUT2D eigenvalue weighted by Crippen LogP contribution is 2.48. The quantitative estimate of drug-likeness (QED) is 0.267. The number of amides is 1. The minimum atomic E-state index is -2.62. The fourth-order valence-corrected chi connectivity index (χ4v) is 4.12. The van der Waals surface area contributed by atoms with Gasteiger partial charge in [-0.25, -0.2) is 18.7 Å². The number of nitrogens with zero attached hydrogens (tertiary/aromatic N) is 4. The van der Waals surface area contributed by atoms with Crippen molar-refractivity contribution in [1.82, 2.24) is 30.2 Å². The molecule has 1 amide bonds. The fraction of sp³-hybridized carbons (Fsp3) is 0.333. The maximum atomic E-state index is 13.1. The monoisotopic (exact) mass is 521 g/mol. The molecule has 1 aromatic carbocycles. The van der Waals surface area contributed by atoms with Gasteiger partial charge in [-0.2, -0.15) is 0 Å². The van der Waals surface area contributed by atoms with Crippen molar-refractivity contribution in [1.29, 1.82) is 0 Å². The second kappa shape index (κ2) is 10.7. The Morgan fingerprint density at radius 1 is 1.16 bits per heavy atom. The maximum Gasteiger partial charge on any atom is 0.270 e. The summed E-state index contributed by atoms with van der Waals surface area (Å²) in [6.07, 6.45) is 3.04. The van der Waals surface area contributed by atoms with Gasteiger partial charge in [-0.15, -0.1) is 0 Å². The molecule has 0 bridgehead atoms. The van der Waals surface area contributed by atoms with Gasteiger partial charge in [-0.1, -0.05) is 0 Å². The minimum absolute atomic E-state index is 0.0333. The van der Waals surface area contributed by atoms with E-state index >= 15 is 0 Å². The number of aromatic nitrogens is 4. The van der Waals surface area contributed by atoms with E-state index in [1.165, 1.54) is 0 Å². The van der Waals surface area contributed by atoms with Gasteiger partial charge in [0.2, 0.25) is 5.95 Å². The first kappa shape index (κ1) is 25.5. The molecular formula is C27H29F2N7O2. The van der Waals surface area contributed by atoms with Crippen molar-refractivity contribution in [2.45, 2.75) is 19.3 Å². The number of H-pyrrole nitrogens is 1. The average Bonchev–Trinajstić information content (AvgIpc) is 3.32. The van der Waals surface area contributed by atoms with Gasteiger partial charge in [0.25, 0.3) is 11.8 Å². The third kappa shape index (κ3) is 5.72. The summed E-state index contributed by atoms with van der Waals surface area (Å²) in [7, 11) is 1.86. The van der Waals surface area contributed by atoms with E-state index in [9.17, 15) is 13.6 Å². The van der Waals surface area contributed by atoms with Gasteiger partial charge in [0.05, 0.1) is 23.9 Å². The van der Waals surface area contributed by atoms with Crippen LogP contribution in [-0.4, -0.2) is 70.0 Å². The first-order valence-corrected chi connectivity index (χ1v) is 12.5. The number of benzene rings is 1. The molecule has 11 heteroatoms. The smallest absolute Gasteiger partial charge is 0.270 e. The molecule has 9 nitrogen and oxygen atoms in total. The summed E-state index contributed by atoms with van der Waals surface area (Å²) in [5.74, 6) is -2.57. The van der Waals surface area contributed by atoms with E-state index in [0.29, 0.717) is 41.9 Å². The Labute approximate surface area is 218 Å². The van der Waals surface area contributed by atoms with E-state index in [2.05, 4.69) is 30.6 Å². The van der Waals surface area contributed by atoms with Crippen LogP contribution in [0.2, 0.25) is 0 Å². The van der Waals surface area contributed by atoms with Gasteiger partial charge in [0, 0.05) is 61.1 Å². The molecule has 1 aliphatic rings. The lowest BCUT2D eigenvalue weighted by atomic mass is 10.2. The van der Waals surface area contributed by atoms with Crippen molar-refractivity contribution in [2.24, 2.45) is 5.92 Å². The second-order valence-corrected chi connectivity index (χ2v) is 9.21. The number of alkyl halides is 2. The van der Waals surface area contributed by atoms with Crippen LogP contribution in [-0.2, 0) is 0 Å². The minimum Gasteiger partial charge on any atom is -0.493 e. The Morgan fingerprint density at radius 2 is 1.97 bits per heavy atom. The van der Waals surface area contributed by atoms with Crippen LogP contribution < -0.4 is 15.4 Å². The zero-order valence-electron chi connectivity index (χ0n) is 21.2. The number of rotatable bonds is 11. The van der Waals surface area contributed by atoms with Crippen molar-refractivity contribution in [3.63, 3.8) is 0 Å². The van der Waals surface area contributed by atoms with Gasteiger partial charge in [0.15, 0.2) is 0 Å². The molecule has 1 saturated carbocycles. The first-order chi connectivity index (χ1) is 18.4. The molecule has 198 valence electrons. The van der Waals surface area contributed by atoms with Crippen molar-refractivity contribution in [3.8, 4) is 17.1 Å². The first-order valence-electron chi connectivity index (χ1n) is 12.5. The third-order valence-corrected chi connectivity index (χ3v) is 6.46. The topological polar surface area (TPSA) is 108 Å². The number of carbonyl (C=O) groups is 1. The number of pyridine rings is 1. The van der Waals surface area contributed by atoms with Crippen LogP contribution in [0.1, 0.15) is 23.8 Å². The average molecular weight is 522 g/mol. The maximum absolute atomic E-state index is 13.1. The number of ether oxygens (including phenoxy) is 1. The number of aromatic amines is 1. The zero-order valence-corrected chi connectivity index (χ0v) is 21.2. The number of likely N-dealkylation sites (N-methyl/N-ethyl adjacent to an activating group) is 2. The summed E-state index contributed by atoms with van der Waals surface area (Å²) in [5.41, 5.74) is 3.24. The highest BCUT2D eigenvalue weighted by molar-refractivity contribution is 5.98. The van der Waals surface area contributed by atoms with Gasteiger partial charge >= 0.3 is 0 Å². The SMILES string of the molecule is CCN(CCNC)C(=O)c1cc2cc(Nc3nccc(-c4cc(OCC5CC5(F)F)ccn4)n3)ccc2[nH]1. The van der Waals surface area contributed by atoms with E-state index < -0.39 is 11.8 Å². The van der Waals surface area contributed by atoms with Gasteiger partial charge in [-0.05, 0) is 50.4 Å². The van der Waals surface area contributed by atoms with Crippen molar-refractivity contribution in [3.05, 3.63) is 60.6 Å². The number of hydrogen-bond donors (Lipinski definition) is 3. The Morgan fingerprint density at radius 3 is 2.74 bits per heavy atom. The summed E-state index contributed by atoms with van der Waals surface area (Å²) < 4.78 is 31.8. The fourth-order valence-electron chi connectivity index (χ4n) is 4.12. The molecule has 0 radical (unpaired) electrons. The number of carbonyl (C=O) groups excluding carboxylic acids is 1. The molecule has 3 aromatic heterocycles. The summed E-state index contributed by atoms with van der Waals surface area (Å²) in [6.45, 7) is 3.90. The van der Waals surface area contributed by atoms with Gasteiger partial charge in [0.1, 0.15) is 11.4 Å². The molecule has 1 atom stereocenters. The molecule has 0 saturated heterocycles. The van der Waals surface area contributed by atoms with E-state index in [1.807, 2.05) is 38.2 Å². The standard InChI is InChI=1S/C27H29F2N7O2/c1-3-36(11-10-30-2)25(37)24-13-17-12-19(4-5-21(17)34-24)33-26-32-9-7-22(35-26)23-14-20(6-8-31-23)38-16-18-15-27(18,28)29/h4-9,12-14,18,30,34H,3,10-11,15-16H2,1-2H3,(H,32,33,35). The molecule has 1 aliphatic carbocycles. The molecule has 3 N–H and O–H groups in total. The van der Waals surface area contributed by atoms with E-state index in [0.717, 1.165) is 23.1 Å². The Bertz CT molecular complexity index is 1440. The second-order valence-electron chi connectivity index (χ2n) is 9.21. The number of halogens is 2. The summed E-state index contributed by atoms with van der Waals surface area (Å²) in [4.78, 5) is 31.1. The molecule has 1 fully saturated rings. The van der Waals surface area contributed by atoms with Crippen LogP contribution >= 0.6 is 0 Å². The van der Waals surface area contributed by atoms with Crippen LogP contribution in [0.5, 0.6) is 5.75 Å². The van der Waals surface area contributed by atoms with E-state index in [4.69, 9.17) is 4.74 Å². The van der Waals surface area contributed by atoms with Crippen molar-refractivity contribution < 1.29 is 18.3 Å². The largest absolute Gasteiger partial charge is 0.493 e. The molecule has 3 heterocycles. The lowest BCUT2D eigenvalue weighted by molar-refractivity contribution is 0.0761. The normalized spacial score (nSPS) is 15.8. The number of hydrogen-bond acceptors (Lipinski definition) is 7. The summed E-state index contributed by atoms with van der Waals surface area (Å²) in [6, 6.07) is 12.6. The highest BCUT2D eigenvalue weighted by atomic mass is 19.3. The summed E-state index contributed by atoms with van der Waals surface area (Å²) >= 11 is 0. The van der Waals surface area contributed by atoms with Gasteiger partial charge in [-0.3, -0.25) is 9.78 Å². The molecule has 38 heavy (non-hydrogen) atoms. The van der Waals surface area contributed by atoms with Crippen LogP contribution in [0.3, 0.4) is 0 Å². The molecule has 0 aliphatic heterocycles. The molecular weight excluding hydrogens is 492 g/mol. The molecule has 5 rings (SSSR count). The highest BCUT2D eigenvalue weighted by Gasteiger charge is 2.57. The number of anilines is 2. The predicted octanol–water partition coefficient (Wildman–Crippen LogP) is 4.48. The Balaban J connectivity index is 1.29. The van der Waals surface area contributed by atoms with Crippen LogP contribution in [0.15, 0.2) is 54.9 Å². The number of nitrogens with one attached hydrogen (secondary N) is 3. The predicted molar refractivity (Wildman–Crippen MR) is 141 cm³/mol. The van der Waals surface area contributed by atoms with E-state index in [-0.39, 0.29) is 18.9 Å². The van der Waals surface area contributed by atoms with Crippen LogP contribution in [0.25, 0.3) is 22.3 Å². The molecule has 1 unspecified atom stereocenters. The lowest BCUT2D eigenvalue weighted by Crippen LogP contribution is -2.36.